The molecule has 0 aromatic heterocycles. The molecule has 1 aromatic carbocycles. The van der Waals surface area contributed by atoms with Crippen molar-refractivity contribution in [2.75, 3.05) is 36.5 Å². The first-order valence-electron chi connectivity index (χ1n) is 8.99. The van der Waals surface area contributed by atoms with E-state index in [0.717, 1.165) is 44.4 Å². The minimum atomic E-state index is -3.68. The molecule has 2 heterocycles. The van der Waals surface area contributed by atoms with E-state index in [1.165, 1.54) is 16.4 Å². The Kier molecular flexibility index (Phi) is 6.09. The summed E-state index contributed by atoms with van der Waals surface area (Å²) in [6.45, 7) is 1.74. The van der Waals surface area contributed by atoms with Gasteiger partial charge in [-0.15, -0.1) is 0 Å². The maximum Gasteiger partial charge on any atom is 0.293 e. The van der Waals surface area contributed by atoms with Gasteiger partial charge < -0.3 is 4.90 Å². The van der Waals surface area contributed by atoms with Gasteiger partial charge in [0.05, 0.1) is 9.82 Å². The third-order valence-corrected chi connectivity index (χ3v) is 7.75. The van der Waals surface area contributed by atoms with Gasteiger partial charge in [0, 0.05) is 37.5 Å². The summed E-state index contributed by atoms with van der Waals surface area (Å²) in [4.78, 5) is 13.3. The molecule has 0 bridgehead atoms. The fourth-order valence-electron chi connectivity index (χ4n) is 3.83. The molecular formula is C17H25N3O4S2. The fraction of sp³-hybridized carbons (Fsp3) is 0.647. The highest BCUT2D eigenvalue weighted by Crippen LogP contribution is 2.36. The first-order chi connectivity index (χ1) is 12.4. The predicted molar refractivity (Wildman–Crippen MR) is 104 cm³/mol. The Morgan fingerprint density at radius 3 is 2.58 bits per heavy atom. The molecule has 0 N–H and O–H groups in total. The molecule has 0 saturated carbocycles. The van der Waals surface area contributed by atoms with Crippen LogP contribution in [0.3, 0.4) is 0 Å². The summed E-state index contributed by atoms with van der Waals surface area (Å²) in [5.41, 5.74) is 0.417. The molecule has 2 fully saturated rings. The second-order valence-corrected chi connectivity index (χ2v) is 9.67. The molecule has 9 heteroatoms. The quantitative estimate of drug-likeness (QED) is 0.540. The monoisotopic (exact) mass is 399 g/mol. The van der Waals surface area contributed by atoms with Crippen molar-refractivity contribution in [1.29, 1.82) is 0 Å². The highest BCUT2D eigenvalue weighted by molar-refractivity contribution is 7.98. The van der Waals surface area contributed by atoms with Crippen molar-refractivity contribution in [2.24, 2.45) is 0 Å². The van der Waals surface area contributed by atoms with Crippen LogP contribution >= 0.6 is 11.8 Å². The van der Waals surface area contributed by atoms with Crippen LogP contribution in [0.15, 0.2) is 23.1 Å². The molecule has 7 nitrogen and oxygen atoms in total. The lowest BCUT2D eigenvalue weighted by Gasteiger charge is -2.27. The van der Waals surface area contributed by atoms with Gasteiger partial charge in [-0.1, -0.05) is 6.42 Å². The number of nitrogens with zero attached hydrogens (tertiary/aromatic N) is 3. The van der Waals surface area contributed by atoms with Gasteiger partial charge in [0.15, 0.2) is 0 Å². The van der Waals surface area contributed by atoms with Gasteiger partial charge in [0.25, 0.3) is 5.69 Å². The van der Waals surface area contributed by atoms with E-state index in [0.29, 0.717) is 18.8 Å². The van der Waals surface area contributed by atoms with Crippen LogP contribution in [-0.4, -0.2) is 55.3 Å². The van der Waals surface area contributed by atoms with Gasteiger partial charge in [-0.05, 0) is 44.1 Å². The van der Waals surface area contributed by atoms with E-state index >= 15 is 0 Å². The molecule has 0 aliphatic carbocycles. The topological polar surface area (TPSA) is 83.8 Å². The normalized spacial score (nSPS) is 21.9. The van der Waals surface area contributed by atoms with Crippen LogP contribution < -0.4 is 4.90 Å². The zero-order valence-corrected chi connectivity index (χ0v) is 16.6. The van der Waals surface area contributed by atoms with Crippen LogP contribution in [0, 0.1) is 10.1 Å². The second kappa shape index (κ2) is 8.14. The molecule has 2 aliphatic rings. The molecule has 2 saturated heterocycles. The molecule has 2 aliphatic heterocycles. The highest BCUT2D eigenvalue weighted by Gasteiger charge is 2.32. The lowest BCUT2D eigenvalue weighted by Crippen LogP contribution is -2.35. The van der Waals surface area contributed by atoms with Crippen LogP contribution in [0.25, 0.3) is 0 Å². The molecular weight excluding hydrogens is 374 g/mol. The van der Waals surface area contributed by atoms with Gasteiger partial charge in [-0.25, -0.2) is 8.42 Å². The SMILES string of the molecule is CSCC1CCCN1c1ccc(S(=O)(=O)N2CCCCC2)cc1[N+](=O)[O-]. The number of benzene rings is 1. The zero-order chi connectivity index (χ0) is 18.7. The molecule has 1 aromatic rings. The third-order valence-electron chi connectivity index (χ3n) is 5.14. The number of piperidine rings is 1. The number of thioether (sulfide) groups is 1. The summed E-state index contributed by atoms with van der Waals surface area (Å²) in [5, 5.41) is 11.7. The Labute approximate surface area is 158 Å². The molecule has 0 amide bonds. The van der Waals surface area contributed by atoms with Gasteiger partial charge >= 0.3 is 0 Å². The van der Waals surface area contributed by atoms with E-state index in [9.17, 15) is 18.5 Å². The zero-order valence-electron chi connectivity index (χ0n) is 15.0. The molecule has 26 heavy (non-hydrogen) atoms. The molecule has 1 atom stereocenters. The number of sulfonamides is 1. The largest absolute Gasteiger partial charge is 0.362 e. The summed E-state index contributed by atoms with van der Waals surface area (Å²) >= 11 is 1.72. The second-order valence-electron chi connectivity index (χ2n) is 6.82. The molecule has 3 rings (SSSR count). The molecule has 0 radical (unpaired) electrons. The molecule has 144 valence electrons. The van der Waals surface area contributed by atoms with E-state index < -0.39 is 14.9 Å². The third kappa shape index (κ3) is 3.84. The Balaban J connectivity index is 1.95. The average molecular weight is 400 g/mol. The van der Waals surface area contributed by atoms with Crippen molar-refractivity contribution in [1.82, 2.24) is 4.31 Å². The summed E-state index contributed by atoms with van der Waals surface area (Å²) in [7, 11) is -3.68. The van der Waals surface area contributed by atoms with Gasteiger partial charge in [-0.2, -0.15) is 16.1 Å². The van der Waals surface area contributed by atoms with Gasteiger partial charge in [0.2, 0.25) is 10.0 Å². The van der Waals surface area contributed by atoms with Crippen molar-refractivity contribution in [3.8, 4) is 0 Å². The van der Waals surface area contributed by atoms with Crippen LogP contribution in [0.4, 0.5) is 11.4 Å². The number of nitro benzene ring substituents is 1. The average Bonchev–Trinajstić information content (AvgIpc) is 3.10. The maximum absolute atomic E-state index is 12.8. The predicted octanol–water partition coefficient (Wildman–Crippen LogP) is 3.10. The number of nitro groups is 1. The van der Waals surface area contributed by atoms with E-state index in [1.54, 1.807) is 17.8 Å². The van der Waals surface area contributed by atoms with Crippen LogP contribution in [-0.2, 0) is 10.0 Å². The van der Waals surface area contributed by atoms with Crippen molar-refractivity contribution in [2.45, 2.75) is 43.0 Å². The highest BCUT2D eigenvalue weighted by atomic mass is 32.2. The molecule has 0 spiro atoms. The van der Waals surface area contributed by atoms with Crippen molar-refractivity contribution in [3.05, 3.63) is 28.3 Å². The summed E-state index contributed by atoms with van der Waals surface area (Å²) < 4.78 is 27.1. The first kappa shape index (κ1) is 19.4. The minimum absolute atomic E-state index is 0.0236. The number of hydrogen-bond acceptors (Lipinski definition) is 6. The van der Waals surface area contributed by atoms with E-state index in [4.69, 9.17) is 0 Å². The standard InChI is InChI=1S/C17H25N3O4S2/c1-25-13-14-6-5-11-19(14)16-8-7-15(12-17(16)20(21)22)26(23,24)18-9-3-2-4-10-18/h7-8,12,14H,2-6,9-11,13H2,1H3. The maximum atomic E-state index is 12.8. The van der Waals surface area contributed by atoms with E-state index in [2.05, 4.69) is 4.90 Å². The Morgan fingerprint density at radius 2 is 1.92 bits per heavy atom. The smallest absolute Gasteiger partial charge is 0.293 e. The van der Waals surface area contributed by atoms with Gasteiger partial charge in [0.1, 0.15) is 5.69 Å². The molecule has 1 unspecified atom stereocenters. The van der Waals surface area contributed by atoms with Gasteiger partial charge in [-0.3, -0.25) is 10.1 Å². The van der Waals surface area contributed by atoms with E-state index in [1.807, 2.05) is 6.26 Å². The van der Waals surface area contributed by atoms with Crippen molar-refractivity contribution < 1.29 is 13.3 Å². The Hall–Kier alpha value is -1.32. The van der Waals surface area contributed by atoms with E-state index in [-0.39, 0.29) is 16.6 Å². The van der Waals surface area contributed by atoms with Crippen molar-refractivity contribution >= 4 is 33.2 Å². The number of rotatable bonds is 6. The minimum Gasteiger partial charge on any atom is -0.362 e. The lowest BCUT2D eigenvalue weighted by atomic mass is 10.2. The number of hydrogen-bond donors (Lipinski definition) is 0. The number of anilines is 1. The summed E-state index contributed by atoms with van der Waals surface area (Å²) in [5.74, 6) is 0.908. The first-order valence-corrected chi connectivity index (χ1v) is 11.8. The Bertz CT molecular complexity index is 763. The van der Waals surface area contributed by atoms with Crippen LogP contribution in [0.5, 0.6) is 0 Å². The van der Waals surface area contributed by atoms with Crippen molar-refractivity contribution in [3.63, 3.8) is 0 Å². The Morgan fingerprint density at radius 1 is 1.19 bits per heavy atom. The fourth-order valence-corrected chi connectivity index (χ4v) is 6.09. The summed E-state index contributed by atoms with van der Waals surface area (Å²) in [6.07, 6.45) is 6.73. The van der Waals surface area contributed by atoms with Crippen LogP contribution in [0.2, 0.25) is 0 Å². The lowest BCUT2D eigenvalue weighted by molar-refractivity contribution is -0.384. The van der Waals surface area contributed by atoms with Crippen LogP contribution in [0.1, 0.15) is 32.1 Å². The summed E-state index contributed by atoms with van der Waals surface area (Å²) in [6, 6.07) is 4.65.